The Bertz CT molecular complexity index is 700. The first-order chi connectivity index (χ1) is 10.6. The van der Waals surface area contributed by atoms with Crippen molar-refractivity contribution >= 4 is 17.3 Å². The average molecular weight is 321 g/mol. The molecule has 0 aliphatic carbocycles. The fraction of sp³-hybridized carbons (Fsp3) is 0.312. The number of esters is 1. The van der Waals surface area contributed by atoms with Gasteiger partial charge in [-0.1, -0.05) is 18.2 Å². The van der Waals surface area contributed by atoms with Gasteiger partial charge in [0.05, 0.1) is 7.11 Å². The van der Waals surface area contributed by atoms with Crippen LogP contribution in [0.5, 0.6) is 5.06 Å². The molecular formula is C16H16FNO3S. The van der Waals surface area contributed by atoms with Crippen LogP contribution in [0.15, 0.2) is 30.3 Å². The molecule has 1 unspecified atom stereocenters. The van der Waals surface area contributed by atoms with Gasteiger partial charge >= 0.3 is 5.97 Å². The minimum Gasteiger partial charge on any atom is -0.499 e. The Balaban J connectivity index is 1.94. The molecule has 0 amide bonds. The summed E-state index contributed by atoms with van der Waals surface area (Å²) in [5, 5.41) is 9.88. The normalized spacial score (nSPS) is 16.1. The van der Waals surface area contributed by atoms with Crippen LogP contribution in [0.3, 0.4) is 0 Å². The average Bonchev–Trinajstić information content (AvgIpc) is 2.88. The van der Waals surface area contributed by atoms with Crippen LogP contribution in [0, 0.1) is 5.82 Å². The summed E-state index contributed by atoms with van der Waals surface area (Å²) in [4.78, 5) is 15.2. The predicted octanol–water partition coefficient (Wildman–Crippen LogP) is 2.87. The van der Waals surface area contributed by atoms with E-state index in [-0.39, 0.29) is 5.06 Å². The molecule has 1 aromatic heterocycles. The topological polar surface area (TPSA) is 49.8 Å². The highest BCUT2D eigenvalue weighted by Gasteiger charge is 2.33. The summed E-state index contributed by atoms with van der Waals surface area (Å²) < 4.78 is 19.0. The molecule has 2 heterocycles. The fourth-order valence-corrected chi connectivity index (χ4v) is 3.74. The molecule has 0 fully saturated rings. The Morgan fingerprint density at radius 3 is 2.95 bits per heavy atom. The van der Waals surface area contributed by atoms with Crippen LogP contribution in [-0.4, -0.2) is 29.6 Å². The first kappa shape index (κ1) is 15.0. The lowest BCUT2D eigenvalue weighted by Crippen LogP contribution is -2.38. The molecule has 2 aromatic rings. The van der Waals surface area contributed by atoms with Crippen molar-refractivity contribution in [3.8, 4) is 5.06 Å². The molecule has 0 radical (unpaired) electrons. The summed E-state index contributed by atoms with van der Waals surface area (Å²) in [6, 6.07) is 7.19. The zero-order valence-corrected chi connectivity index (χ0v) is 12.9. The molecule has 1 aliphatic rings. The fourth-order valence-electron chi connectivity index (χ4n) is 2.84. The molecule has 116 valence electrons. The number of benzene rings is 1. The Labute approximate surface area is 131 Å². The van der Waals surface area contributed by atoms with Crippen molar-refractivity contribution in [1.82, 2.24) is 4.90 Å². The number of nitrogens with zero attached hydrogens (tertiary/aromatic N) is 1. The van der Waals surface area contributed by atoms with Crippen molar-refractivity contribution in [1.29, 1.82) is 0 Å². The lowest BCUT2D eigenvalue weighted by molar-refractivity contribution is -0.147. The SMILES string of the molecule is COC(=O)C(c1ccccc1F)N1CCc2sc(O)cc2C1. The van der Waals surface area contributed by atoms with Crippen molar-refractivity contribution in [2.24, 2.45) is 0 Å². The molecule has 6 heteroatoms. The smallest absolute Gasteiger partial charge is 0.327 e. The molecule has 22 heavy (non-hydrogen) atoms. The minimum atomic E-state index is -0.776. The van der Waals surface area contributed by atoms with Crippen LogP contribution in [0.1, 0.15) is 22.0 Å². The van der Waals surface area contributed by atoms with E-state index in [4.69, 9.17) is 4.74 Å². The van der Waals surface area contributed by atoms with Gasteiger partial charge in [0.1, 0.15) is 11.9 Å². The monoisotopic (exact) mass is 321 g/mol. The number of carbonyl (C=O) groups excluding carboxylic acids is 1. The van der Waals surface area contributed by atoms with Gasteiger partial charge in [-0.25, -0.2) is 9.18 Å². The number of hydrogen-bond donors (Lipinski definition) is 1. The number of hydrogen-bond acceptors (Lipinski definition) is 5. The Morgan fingerprint density at radius 1 is 1.45 bits per heavy atom. The highest BCUT2D eigenvalue weighted by molar-refractivity contribution is 7.13. The molecule has 1 aliphatic heterocycles. The molecule has 0 spiro atoms. The van der Waals surface area contributed by atoms with Crippen molar-refractivity contribution < 1.29 is 19.0 Å². The van der Waals surface area contributed by atoms with Gasteiger partial charge in [-0.05, 0) is 24.1 Å². The van der Waals surface area contributed by atoms with Gasteiger partial charge in [-0.15, -0.1) is 11.3 Å². The summed E-state index contributed by atoms with van der Waals surface area (Å²) in [7, 11) is 1.31. The third kappa shape index (κ3) is 2.71. The standard InChI is InChI=1S/C16H16FNO3S/c1-21-16(20)15(11-4-2-3-5-12(11)17)18-7-6-13-10(9-18)8-14(19)22-13/h2-5,8,15,19H,6-7,9H2,1H3. The first-order valence-corrected chi connectivity index (χ1v) is 7.78. The van der Waals surface area contributed by atoms with Gasteiger partial charge in [0.15, 0.2) is 5.06 Å². The lowest BCUT2D eigenvalue weighted by atomic mass is 10.0. The summed E-state index contributed by atoms with van der Waals surface area (Å²) >= 11 is 1.36. The van der Waals surface area contributed by atoms with Gasteiger partial charge in [0.25, 0.3) is 0 Å². The summed E-state index contributed by atoms with van der Waals surface area (Å²) in [6.45, 7) is 1.10. The van der Waals surface area contributed by atoms with E-state index in [1.165, 1.54) is 24.5 Å². The highest BCUT2D eigenvalue weighted by Crippen LogP contribution is 2.36. The van der Waals surface area contributed by atoms with E-state index >= 15 is 0 Å². The quantitative estimate of drug-likeness (QED) is 0.883. The largest absolute Gasteiger partial charge is 0.499 e. The van der Waals surface area contributed by atoms with E-state index in [0.29, 0.717) is 18.7 Å². The summed E-state index contributed by atoms with van der Waals surface area (Å²) in [6.07, 6.45) is 0.725. The summed E-state index contributed by atoms with van der Waals surface area (Å²) in [5.74, 6) is -0.898. The number of rotatable bonds is 3. The Hall–Kier alpha value is -1.92. The molecule has 1 atom stereocenters. The van der Waals surface area contributed by atoms with E-state index in [1.54, 1.807) is 24.3 Å². The van der Waals surface area contributed by atoms with Crippen molar-refractivity contribution in [2.75, 3.05) is 13.7 Å². The maximum atomic E-state index is 14.1. The van der Waals surface area contributed by atoms with Crippen LogP contribution >= 0.6 is 11.3 Å². The molecule has 0 saturated carbocycles. The third-order valence-electron chi connectivity index (χ3n) is 3.87. The van der Waals surface area contributed by atoms with Crippen LogP contribution in [0.25, 0.3) is 0 Å². The number of aromatic hydroxyl groups is 1. The van der Waals surface area contributed by atoms with Gasteiger partial charge in [-0.2, -0.15) is 0 Å². The van der Waals surface area contributed by atoms with Gasteiger partial charge in [-0.3, -0.25) is 4.90 Å². The van der Waals surface area contributed by atoms with Crippen molar-refractivity contribution in [2.45, 2.75) is 19.0 Å². The van der Waals surface area contributed by atoms with Crippen LogP contribution in [0.4, 0.5) is 4.39 Å². The lowest BCUT2D eigenvalue weighted by Gasteiger charge is -2.33. The zero-order chi connectivity index (χ0) is 15.7. The second-order valence-corrected chi connectivity index (χ2v) is 6.32. The number of halogens is 1. The number of methoxy groups -OCH3 is 1. The number of fused-ring (bicyclic) bond motifs is 1. The van der Waals surface area contributed by atoms with Crippen molar-refractivity contribution in [3.63, 3.8) is 0 Å². The maximum Gasteiger partial charge on any atom is 0.327 e. The molecule has 1 aromatic carbocycles. The second-order valence-electron chi connectivity index (χ2n) is 5.20. The van der Waals surface area contributed by atoms with Gasteiger partial charge in [0.2, 0.25) is 0 Å². The molecule has 0 bridgehead atoms. The number of thiophene rings is 1. The van der Waals surface area contributed by atoms with E-state index < -0.39 is 17.8 Å². The van der Waals surface area contributed by atoms with Crippen LogP contribution < -0.4 is 0 Å². The predicted molar refractivity (Wildman–Crippen MR) is 81.3 cm³/mol. The van der Waals surface area contributed by atoms with Crippen molar-refractivity contribution in [3.05, 3.63) is 52.2 Å². The Kier molecular flexibility index (Phi) is 4.13. The maximum absolute atomic E-state index is 14.1. The zero-order valence-electron chi connectivity index (χ0n) is 12.1. The second kappa shape index (κ2) is 6.06. The minimum absolute atomic E-state index is 0.271. The van der Waals surface area contributed by atoms with E-state index in [1.807, 2.05) is 4.90 Å². The number of carbonyl (C=O) groups is 1. The van der Waals surface area contributed by atoms with Gasteiger partial charge in [0, 0.05) is 23.5 Å². The van der Waals surface area contributed by atoms with Gasteiger partial charge < -0.3 is 9.84 Å². The molecule has 4 nitrogen and oxygen atoms in total. The molecule has 3 rings (SSSR count). The van der Waals surface area contributed by atoms with Crippen LogP contribution in [0.2, 0.25) is 0 Å². The third-order valence-corrected chi connectivity index (χ3v) is 4.91. The first-order valence-electron chi connectivity index (χ1n) is 6.97. The Morgan fingerprint density at radius 2 is 2.23 bits per heavy atom. The molecular weight excluding hydrogens is 305 g/mol. The van der Waals surface area contributed by atoms with Crippen LogP contribution in [-0.2, 0) is 22.5 Å². The molecule has 0 saturated heterocycles. The molecule has 1 N–H and O–H groups in total. The van der Waals surface area contributed by atoms with E-state index in [0.717, 1.165) is 16.9 Å². The van der Waals surface area contributed by atoms with E-state index in [2.05, 4.69) is 0 Å². The van der Waals surface area contributed by atoms with E-state index in [9.17, 15) is 14.3 Å². The highest BCUT2D eigenvalue weighted by atomic mass is 32.1. The number of ether oxygens (including phenoxy) is 1. The summed E-state index contributed by atoms with van der Waals surface area (Å²) in [5.41, 5.74) is 1.30.